The van der Waals surface area contributed by atoms with E-state index in [-0.39, 0.29) is 30.2 Å². The van der Waals surface area contributed by atoms with Crippen LogP contribution in [0.4, 0.5) is 4.39 Å². The first-order valence-electron chi connectivity index (χ1n) is 8.13. The minimum absolute atomic E-state index is 0. The summed E-state index contributed by atoms with van der Waals surface area (Å²) in [5.74, 6) is 0.658. The molecule has 140 valence electrons. The van der Waals surface area contributed by atoms with Crippen molar-refractivity contribution in [3.8, 4) is 11.5 Å². The van der Waals surface area contributed by atoms with Crippen LogP contribution in [0.2, 0.25) is 0 Å². The number of halogens is 2. The number of amides is 1. The first-order valence-corrected chi connectivity index (χ1v) is 8.13. The summed E-state index contributed by atoms with van der Waals surface area (Å²) in [6.07, 6.45) is 0. The maximum atomic E-state index is 13.6. The second kappa shape index (κ2) is 8.87. The van der Waals surface area contributed by atoms with Gasteiger partial charge in [0, 0.05) is 25.2 Å². The van der Waals surface area contributed by atoms with Crippen LogP contribution in [0.1, 0.15) is 22.0 Å². The Bertz CT molecular complexity index is 772. The largest absolute Gasteiger partial charge is 0.493 e. The Labute approximate surface area is 158 Å². The monoisotopic (exact) mass is 380 g/mol. The Morgan fingerprint density at radius 3 is 2.62 bits per heavy atom. The standard InChI is InChI=1S/C19H21FN2O3.ClH/c1-24-17-7-6-14(11-18(17)25-2)19(23)22-9-8-21-12-16(22)13-4-3-5-15(20)10-13;/h3-7,10-11,16,21H,8-9,12H2,1-2H3;1H. The molecule has 1 fully saturated rings. The quantitative estimate of drug-likeness (QED) is 0.885. The molecule has 1 N–H and O–H groups in total. The van der Waals surface area contributed by atoms with Gasteiger partial charge in [0.15, 0.2) is 11.5 Å². The highest BCUT2D eigenvalue weighted by molar-refractivity contribution is 5.95. The molecule has 2 aromatic rings. The molecular formula is C19H22ClFN2O3. The molecule has 1 heterocycles. The van der Waals surface area contributed by atoms with E-state index in [1.165, 1.54) is 19.2 Å². The van der Waals surface area contributed by atoms with Gasteiger partial charge < -0.3 is 19.7 Å². The molecule has 2 aromatic carbocycles. The minimum atomic E-state index is -0.304. The fourth-order valence-electron chi connectivity index (χ4n) is 3.09. The lowest BCUT2D eigenvalue weighted by atomic mass is 10.0. The maximum Gasteiger partial charge on any atom is 0.254 e. The lowest BCUT2D eigenvalue weighted by Crippen LogP contribution is -2.48. The molecule has 3 rings (SSSR count). The van der Waals surface area contributed by atoms with E-state index in [0.717, 1.165) is 5.56 Å². The van der Waals surface area contributed by atoms with Crippen molar-refractivity contribution in [3.05, 3.63) is 59.4 Å². The number of carbonyl (C=O) groups excluding carboxylic acids is 1. The number of piperazine rings is 1. The van der Waals surface area contributed by atoms with Crippen molar-refractivity contribution in [2.75, 3.05) is 33.9 Å². The Hall–Kier alpha value is -2.31. The average molecular weight is 381 g/mol. The second-order valence-corrected chi connectivity index (χ2v) is 5.84. The van der Waals surface area contributed by atoms with Gasteiger partial charge in [0.25, 0.3) is 5.91 Å². The Morgan fingerprint density at radius 2 is 1.92 bits per heavy atom. The van der Waals surface area contributed by atoms with Gasteiger partial charge in [-0.3, -0.25) is 4.79 Å². The number of benzene rings is 2. The zero-order valence-electron chi connectivity index (χ0n) is 14.7. The number of nitrogens with one attached hydrogen (secondary N) is 1. The van der Waals surface area contributed by atoms with Crippen molar-refractivity contribution < 1.29 is 18.7 Å². The fraction of sp³-hybridized carbons (Fsp3) is 0.316. The molecule has 1 atom stereocenters. The molecule has 5 nitrogen and oxygen atoms in total. The van der Waals surface area contributed by atoms with Crippen LogP contribution in [-0.4, -0.2) is 44.7 Å². The van der Waals surface area contributed by atoms with Gasteiger partial charge in [-0.05, 0) is 35.9 Å². The van der Waals surface area contributed by atoms with E-state index in [0.29, 0.717) is 36.7 Å². The summed E-state index contributed by atoms with van der Waals surface area (Å²) in [4.78, 5) is 14.8. The van der Waals surface area contributed by atoms with Crippen LogP contribution in [-0.2, 0) is 0 Å². The molecule has 26 heavy (non-hydrogen) atoms. The van der Waals surface area contributed by atoms with Crippen molar-refractivity contribution in [2.45, 2.75) is 6.04 Å². The van der Waals surface area contributed by atoms with E-state index in [4.69, 9.17) is 9.47 Å². The predicted octanol–water partition coefficient (Wildman–Crippen LogP) is 3.05. The van der Waals surface area contributed by atoms with Crippen LogP contribution in [0.3, 0.4) is 0 Å². The summed E-state index contributed by atoms with van der Waals surface area (Å²) >= 11 is 0. The number of hydrogen-bond acceptors (Lipinski definition) is 4. The predicted molar refractivity (Wildman–Crippen MR) is 99.8 cm³/mol. The first-order chi connectivity index (χ1) is 12.1. The SMILES string of the molecule is COc1ccc(C(=O)N2CCNCC2c2cccc(F)c2)cc1OC.Cl. The van der Waals surface area contributed by atoms with Crippen molar-refractivity contribution in [1.82, 2.24) is 10.2 Å². The molecule has 1 amide bonds. The third-order valence-corrected chi connectivity index (χ3v) is 4.37. The fourth-order valence-corrected chi connectivity index (χ4v) is 3.09. The molecule has 1 aliphatic rings. The van der Waals surface area contributed by atoms with Crippen LogP contribution in [0.25, 0.3) is 0 Å². The van der Waals surface area contributed by atoms with Gasteiger partial charge in [0.05, 0.1) is 20.3 Å². The number of ether oxygens (including phenoxy) is 2. The number of nitrogens with zero attached hydrogens (tertiary/aromatic N) is 1. The minimum Gasteiger partial charge on any atom is -0.493 e. The summed E-state index contributed by atoms with van der Waals surface area (Å²) in [5.41, 5.74) is 1.29. The third-order valence-electron chi connectivity index (χ3n) is 4.37. The first kappa shape index (κ1) is 20.0. The molecule has 0 spiro atoms. The van der Waals surface area contributed by atoms with Gasteiger partial charge in [-0.2, -0.15) is 0 Å². The summed E-state index contributed by atoms with van der Waals surface area (Å²) in [5, 5.41) is 3.27. The van der Waals surface area contributed by atoms with Gasteiger partial charge in [0.2, 0.25) is 0 Å². The molecule has 0 aliphatic carbocycles. The molecule has 0 aromatic heterocycles. The topological polar surface area (TPSA) is 50.8 Å². The lowest BCUT2D eigenvalue weighted by Gasteiger charge is -2.36. The summed E-state index contributed by atoms with van der Waals surface area (Å²) in [6, 6.07) is 11.3. The van der Waals surface area contributed by atoms with E-state index in [9.17, 15) is 9.18 Å². The maximum absolute atomic E-state index is 13.6. The van der Waals surface area contributed by atoms with Crippen LogP contribution in [0, 0.1) is 5.82 Å². The molecule has 1 aliphatic heterocycles. The van der Waals surface area contributed by atoms with Gasteiger partial charge in [-0.15, -0.1) is 12.4 Å². The number of hydrogen-bond donors (Lipinski definition) is 1. The van der Waals surface area contributed by atoms with Crippen LogP contribution >= 0.6 is 12.4 Å². The molecule has 0 bridgehead atoms. The zero-order chi connectivity index (χ0) is 17.8. The lowest BCUT2D eigenvalue weighted by molar-refractivity contribution is 0.0633. The van der Waals surface area contributed by atoms with Crippen molar-refractivity contribution in [2.24, 2.45) is 0 Å². The average Bonchev–Trinajstić information content (AvgIpc) is 2.66. The van der Waals surface area contributed by atoms with Crippen molar-refractivity contribution >= 4 is 18.3 Å². The van der Waals surface area contributed by atoms with E-state index in [1.54, 1.807) is 36.3 Å². The smallest absolute Gasteiger partial charge is 0.254 e. The number of carbonyl (C=O) groups is 1. The summed E-state index contributed by atoms with van der Waals surface area (Å²) in [6.45, 7) is 1.84. The van der Waals surface area contributed by atoms with Gasteiger partial charge in [0.1, 0.15) is 5.82 Å². The van der Waals surface area contributed by atoms with E-state index in [1.807, 2.05) is 6.07 Å². The second-order valence-electron chi connectivity index (χ2n) is 5.84. The Morgan fingerprint density at radius 1 is 1.15 bits per heavy atom. The highest BCUT2D eigenvalue weighted by Crippen LogP contribution is 2.30. The Balaban J connectivity index is 0.00000243. The van der Waals surface area contributed by atoms with E-state index in [2.05, 4.69) is 5.32 Å². The van der Waals surface area contributed by atoms with Crippen LogP contribution < -0.4 is 14.8 Å². The van der Waals surface area contributed by atoms with Crippen molar-refractivity contribution in [3.63, 3.8) is 0 Å². The Kier molecular flexibility index (Phi) is 6.83. The van der Waals surface area contributed by atoms with Crippen LogP contribution in [0.15, 0.2) is 42.5 Å². The normalized spacial score (nSPS) is 16.6. The molecule has 0 saturated carbocycles. The van der Waals surface area contributed by atoms with Crippen molar-refractivity contribution in [1.29, 1.82) is 0 Å². The molecule has 1 unspecified atom stereocenters. The van der Waals surface area contributed by atoms with Crippen LogP contribution in [0.5, 0.6) is 11.5 Å². The summed E-state index contributed by atoms with van der Waals surface area (Å²) < 4.78 is 24.1. The number of methoxy groups -OCH3 is 2. The molecular weight excluding hydrogens is 359 g/mol. The molecule has 7 heteroatoms. The molecule has 1 saturated heterocycles. The zero-order valence-corrected chi connectivity index (χ0v) is 15.5. The van der Waals surface area contributed by atoms with Gasteiger partial charge >= 0.3 is 0 Å². The van der Waals surface area contributed by atoms with Gasteiger partial charge in [-0.25, -0.2) is 4.39 Å². The third kappa shape index (κ3) is 4.08. The van der Waals surface area contributed by atoms with E-state index >= 15 is 0 Å². The van der Waals surface area contributed by atoms with Gasteiger partial charge in [-0.1, -0.05) is 12.1 Å². The summed E-state index contributed by atoms with van der Waals surface area (Å²) in [7, 11) is 3.09. The highest BCUT2D eigenvalue weighted by atomic mass is 35.5. The molecule has 0 radical (unpaired) electrons. The number of rotatable bonds is 4. The highest BCUT2D eigenvalue weighted by Gasteiger charge is 2.29. The van der Waals surface area contributed by atoms with E-state index < -0.39 is 0 Å².